The van der Waals surface area contributed by atoms with Crippen molar-refractivity contribution in [1.82, 2.24) is 10.6 Å². The molecule has 1 saturated heterocycles. The van der Waals surface area contributed by atoms with Gasteiger partial charge in [-0.2, -0.15) is 0 Å². The first-order valence-corrected chi connectivity index (χ1v) is 6.16. The molecule has 0 radical (unpaired) electrons. The number of nitrogens with one attached hydrogen (secondary N) is 2. The van der Waals surface area contributed by atoms with Crippen LogP contribution in [0.3, 0.4) is 0 Å². The van der Waals surface area contributed by atoms with E-state index in [4.69, 9.17) is 0 Å². The summed E-state index contributed by atoms with van der Waals surface area (Å²) in [5, 5.41) is 6.34. The van der Waals surface area contributed by atoms with Crippen molar-refractivity contribution in [2.24, 2.45) is 17.8 Å². The molecular formula is C12H22N2O. The van der Waals surface area contributed by atoms with Crippen LogP contribution >= 0.6 is 0 Å². The Morgan fingerprint density at radius 1 is 1.13 bits per heavy atom. The maximum atomic E-state index is 11.8. The Morgan fingerprint density at radius 3 is 2.20 bits per heavy atom. The zero-order chi connectivity index (χ0) is 10.8. The van der Waals surface area contributed by atoms with Crippen LogP contribution in [0.5, 0.6) is 0 Å². The van der Waals surface area contributed by atoms with Crippen molar-refractivity contribution >= 4 is 5.91 Å². The molecule has 0 aromatic heterocycles. The lowest BCUT2D eigenvalue weighted by atomic mass is 9.80. The van der Waals surface area contributed by atoms with Crippen LogP contribution in [0, 0.1) is 17.8 Å². The Hall–Kier alpha value is -0.570. The van der Waals surface area contributed by atoms with Crippen LogP contribution in [-0.2, 0) is 4.79 Å². The van der Waals surface area contributed by atoms with Gasteiger partial charge in [0.15, 0.2) is 0 Å². The molecule has 86 valence electrons. The molecular weight excluding hydrogens is 188 g/mol. The Balaban J connectivity index is 1.80. The number of carbonyl (C=O) groups excluding carboxylic acids is 1. The first kappa shape index (κ1) is 10.9. The third-order valence-electron chi connectivity index (χ3n) is 3.68. The van der Waals surface area contributed by atoms with Gasteiger partial charge in [0.1, 0.15) is 0 Å². The lowest BCUT2D eigenvalue weighted by Crippen LogP contribution is -2.53. The molecule has 0 aromatic rings. The van der Waals surface area contributed by atoms with E-state index in [1.165, 1.54) is 6.42 Å². The number of hydrogen-bond acceptors (Lipinski definition) is 2. The first-order valence-electron chi connectivity index (χ1n) is 6.16. The SMILES string of the molecule is CC1CC(C)CC(NC(=O)C2CNC2)C1. The maximum absolute atomic E-state index is 11.8. The van der Waals surface area contributed by atoms with E-state index in [1.807, 2.05) is 0 Å². The number of hydrogen-bond donors (Lipinski definition) is 2. The summed E-state index contributed by atoms with van der Waals surface area (Å²) in [6.45, 7) is 6.31. The average Bonchev–Trinajstić information content (AvgIpc) is 1.96. The third kappa shape index (κ3) is 2.71. The number of amides is 1. The highest BCUT2D eigenvalue weighted by Gasteiger charge is 2.29. The molecule has 0 bridgehead atoms. The fourth-order valence-electron chi connectivity index (χ4n) is 2.86. The molecule has 1 amide bonds. The van der Waals surface area contributed by atoms with E-state index in [0.29, 0.717) is 6.04 Å². The van der Waals surface area contributed by atoms with Gasteiger partial charge in [-0.1, -0.05) is 13.8 Å². The van der Waals surface area contributed by atoms with Gasteiger partial charge in [0.25, 0.3) is 0 Å². The van der Waals surface area contributed by atoms with Gasteiger partial charge in [-0.15, -0.1) is 0 Å². The third-order valence-corrected chi connectivity index (χ3v) is 3.68. The molecule has 0 spiro atoms. The average molecular weight is 210 g/mol. The van der Waals surface area contributed by atoms with Crippen LogP contribution in [0.15, 0.2) is 0 Å². The smallest absolute Gasteiger partial charge is 0.225 e. The van der Waals surface area contributed by atoms with Crippen LogP contribution in [-0.4, -0.2) is 25.0 Å². The Morgan fingerprint density at radius 2 is 1.73 bits per heavy atom. The van der Waals surface area contributed by atoms with Gasteiger partial charge in [-0.05, 0) is 31.1 Å². The molecule has 2 unspecified atom stereocenters. The summed E-state index contributed by atoms with van der Waals surface area (Å²) in [6, 6.07) is 0.428. The second kappa shape index (κ2) is 4.52. The van der Waals surface area contributed by atoms with Crippen molar-refractivity contribution in [1.29, 1.82) is 0 Å². The minimum absolute atomic E-state index is 0.234. The minimum Gasteiger partial charge on any atom is -0.353 e. The van der Waals surface area contributed by atoms with Gasteiger partial charge in [0, 0.05) is 19.1 Å². The van der Waals surface area contributed by atoms with Crippen molar-refractivity contribution in [2.45, 2.75) is 39.2 Å². The molecule has 0 aromatic carbocycles. The zero-order valence-electron chi connectivity index (χ0n) is 9.75. The molecule has 2 N–H and O–H groups in total. The Kier molecular flexibility index (Phi) is 3.29. The van der Waals surface area contributed by atoms with E-state index < -0.39 is 0 Å². The highest BCUT2D eigenvalue weighted by atomic mass is 16.2. The summed E-state index contributed by atoms with van der Waals surface area (Å²) in [4.78, 5) is 11.8. The topological polar surface area (TPSA) is 41.1 Å². The predicted molar refractivity (Wildman–Crippen MR) is 60.5 cm³/mol. The van der Waals surface area contributed by atoms with Gasteiger partial charge in [-0.25, -0.2) is 0 Å². The lowest BCUT2D eigenvalue weighted by Gasteiger charge is -2.34. The largest absolute Gasteiger partial charge is 0.353 e. The van der Waals surface area contributed by atoms with Gasteiger partial charge in [0.2, 0.25) is 5.91 Å². The van der Waals surface area contributed by atoms with Gasteiger partial charge in [-0.3, -0.25) is 4.79 Å². The van der Waals surface area contributed by atoms with Crippen molar-refractivity contribution in [3.05, 3.63) is 0 Å². The van der Waals surface area contributed by atoms with Crippen molar-refractivity contribution in [3.8, 4) is 0 Å². The second-order valence-corrected chi connectivity index (χ2v) is 5.48. The predicted octanol–water partition coefficient (Wildman–Crippen LogP) is 1.15. The van der Waals surface area contributed by atoms with E-state index >= 15 is 0 Å². The molecule has 2 atom stereocenters. The maximum Gasteiger partial charge on any atom is 0.225 e. The summed E-state index contributed by atoms with van der Waals surface area (Å²) < 4.78 is 0. The summed E-state index contributed by atoms with van der Waals surface area (Å²) >= 11 is 0. The molecule has 2 aliphatic rings. The van der Waals surface area contributed by atoms with Crippen molar-refractivity contribution < 1.29 is 4.79 Å². The van der Waals surface area contributed by atoms with E-state index in [-0.39, 0.29) is 11.8 Å². The Labute approximate surface area is 92.0 Å². The summed E-state index contributed by atoms with van der Waals surface area (Å²) in [5.74, 6) is 2.02. The normalized spacial score (nSPS) is 37.1. The van der Waals surface area contributed by atoms with Crippen LogP contribution in [0.1, 0.15) is 33.1 Å². The Bertz CT molecular complexity index is 228. The first-order chi connectivity index (χ1) is 7.15. The molecule has 1 aliphatic carbocycles. The summed E-state index contributed by atoms with van der Waals surface area (Å²) in [6.07, 6.45) is 3.64. The second-order valence-electron chi connectivity index (χ2n) is 5.48. The lowest BCUT2D eigenvalue weighted by molar-refractivity contribution is -0.127. The van der Waals surface area contributed by atoms with Crippen LogP contribution in [0.4, 0.5) is 0 Å². The molecule has 2 fully saturated rings. The highest BCUT2D eigenvalue weighted by molar-refractivity contribution is 5.80. The van der Waals surface area contributed by atoms with E-state index in [9.17, 15) is 4.79 Å². The molecule has 2 rings (SSSR count). The molecule has 1 heterocycles. The monoisotopic (exact) mass is 210 g/mol. The molecule has 3 nitrogen and oxygen atoms in total. The summed E-state index contributed by atoms with van der Waals surface area (Å²) in [7, 11) is 0. The van der Waals surface area contributed by atoms with Crippen LogP contribution in [0.25, 0.3) is 0 Å². The fraction of sp³-hybridized carbons (Fsp3) is 0.917. The quantitative estimate of drug-likeness (QED) is 0.718. The van der Waals surface area contributed by atoms with E-state index in [2.05, 4.69) is 24.5 Å². The zero-order valence-corrected chi connectivity index (χ0v) is 9.75. The summed E-state index contributed by atoms with van der Waals surface area (Å²) in [5.41, 5.74) is 0. The van der Waals surface area contributed by atoms with E-state index in [0.717, 1.165) is 37.8 Å². The fourth-order valence-corrected chi connectivity index (χ4v) is 2.86. The van der Waals surface area contributed by atoms with Gasteiger partial charge >= 0.3 is 0 Å². The molecule has 15 heavy (non-hydrogen) atoms. The molecule has 3 heteroatoms. The highest BCUT2D eigenvalue weighted by Crippen LogP contribution is 2.28. The standard InChI is InChI=1S/C12H22N2O/c1-8-3-9(2)5-11(4-8)14-12(15)10-6-13-7-10/h8-11,13H,3-7H2,1-2H3,(H,14,15). The van der Waals surface area contributed by atoms with Crippen LogP contribution < -0.4 is 10.6 Å². The van der Waals surface area contributed by atoms with Gasteiger partial charge < -0.3 is 10.6 Å². The van der Waals surface area contributed by atoms with Gasteiger partial charge in [0.05, 0.1) is 5.92 Å². The molecule has 1 aliphatic heterocycles. The number of carbonyl (C=O) groups is 1. The van der Waals surface area contributed by atoms with Crippen molar-refractivity contribution in [3.63, 3.8) is 0 Å². The van der Waals surface area contributed by atoms with Crippen molar-refractivity contribution in [2.75, 3.05) is 13.1 Å². The molecule has 1 saturated carbocycles. The van der Waals surface area contributed by atoms with E-state index in [1.54, 1.807) is 0 Å². The number of rotatable bonds is 2. The van der Waals surface area contributed by atoms with Crippen LogP contribution in [0.2, 0.25) is 0 Å². The minimum atomic E-state index is 0.234.